The van der Waals surface area contributed by atoms with Crippen LogP contribution in [0.4, 0.5) is 5.69 Å². The van der Waals surface area contributed by atoms with E-state index in [4.69, 9.17) is 5.73 Å². The smallest absolute Gasteiger partial charge is 0.246 e. The first-order chi connectivity index (χ1) is 9.13. The molecule has 0 spiro atoms. The molecule has 1 aliphatic carbocycles. The van der Waals surface area contributed by atoms with Gasteiger partial charge in [-0.05, 0) is 66.1 Å². The number of nitrogens with one attached hydrogen (secondary N) is 2. The van der Waals surface area contributed by atoms with Crippen molar-refractivity contribution in [3.63, 3.8) is 0 Å². The van der Waals surface area contributed by atoms with Gasteiger partial charge in [-0.3, -0.25) is 4.79 Å². The Morgan fingerprint density at radius 1 is 1.37 bits per heavy atom. The lowest BCUT2D eigenvalue weighted by Crippen LogP contribution is -2.44. The molecule has 0 unspecified atom stereocenters. The van der Waals surface area contributed by atoms with E-state index in [-0.39, 0.29) is 12.5 Å². The second-order valence-corrected chi connectivity index (χ2v) is 5.77. The van der Waals surface area contributed by atoms with Gasteiger partial charge in [-0.15, -0.1) is 0 Å². The number of rotatable bonds is 4. The molecule has 0 bridgehead atoms. The molecule has 0 radical (unpaired) electrons. The van der Waals surface area contributed by atoms with Crippen molar-refractivity contribution in [2.24, 2.45) is 10.7 Å². The van der Waals surface area contributed by atoms with Gasteiger partial charge in [-0.2, -0.15) is 0 Å². The third kappa shape index (κ3) is 4.70. The quantitative estimate of drug-likeness (QED) is 0.428. The van der Waals surface area contributed by atoms with Crippen LogP contribution in [0.2, 0.25) is 0 Å². The molecule has 102 valence electrons. The number of carbonyl (C=O) groups excluding carboxylic acids is 1. The lowest BCUT2D eigenvalue weighted by Gasteiger charge is -2.26. The number of hydrogen-bond donors (Lipinski definition) is 3. The fourth-order valence-electron chi connectivity index (χ4n) is 1.70. The van der Waals surface area contributed by atoms with E-state index in [9.17, 15) is 4.79 Å². The maximum atomic E-state index is 11.7. The highest BCUT2D eigenvalue weighted by atomic mass is 127. The Kier molecular flexibility index (Phi) is 5.00. The van der Waals surface area contributed by atoms with E-state index in [1.807, 2.05) is 24.3 Å². The standard InChI is InChI=1S/C13H17IN4O/c14-9-4-6-11(7-5-9)17-12(19)8-16-13(15)18-10-2-1-3-10/h4-7,10H,1-3,8H2,(H,17,19)(H3,15,16,18). The lowest BCUT2D eigenvalue weighted by molar-refractivity contribution is -0.114. The van der Waals surface area contributed by atoms with E-state index in [1.165, 1.54) is 6.42 Å². The van der Waals surface area contributed by atoms with Gasteiger partial charge in [0.2, 0.25) is 5.91 Å². The number of nitrogens with zero attached hydrogens (tertiary/aromatic N) is 1. The molecule has 0 aromatic heterocycles. The van der Waals surface area contributed by atoms with E-state index in [0.717, 1.165) is 22.1 Å². The van der Waals surface area contributed by atoms with E-state index < -0.39 is 0 Å². The zero-order chi connectivity index (χ0) is 13.7. The Labute approximate surface area is 126 Å². The molecule has 5 nitrogen and oxygen atoms in total. The number of guanidine groups is 1. The van der Waals surface area contributed by atoms with E-state index in [0.29, 0.717) is 12.0 Å². The molecule has 19 heavy (non-hydrogen) atoms. The molecule has 0 atom stereocenters. The Balaban J connectivity index is 1.77. The number of benzene rings is 1. The molecule has 1 aromatic rings. The molecule has 4 N–H and O–H groups in total. The molecular formula is C13H17IN4O. The molecule has 1 aromatic carbocycles. The summed E-state index contributed by atoms with van der Waals surface area (Å²) in [4.78, 5) is 15.7. The number of amides is 1. The van der Waals surface area contributed by atoms with E-state index in [1.54, 1.807) is 0 Å². The van der Waals surface area contributed by atoms with Crippen LogP contribution in [0, 0.1) is 3.57 Å². The van der Waals surface area contributed by atoms with E-state index in [2.05, 4.69) is 38.2 Å². The first-order valence-corrected chi connectivity index (χ1v) is 7.33. The van der Waals surface area contributed by atoms with Crippen LogP contribution in [-0.4, -0.2) is 24.5 Å². The highest BCUT2D eigenvalue weighted by molar-refractivity contribution is 14.1. The first kappa shape index (κ1) is 14.1. The summed E-state index contributed by atoms with van der Waals surface area (Å²) in [7, 11) is 0. The summed E-state index contributed by atoms with van der Waals surface area (Å²) >= 11 is 2.22. The normalized spacial score (nSPS) is 15.7. The summed E-state index contributed by atoms with van der Waals surface area (Å²) in [5.41, 5.74) is 6.47. The number of hydrogen-bond acceptors (Lipinski definition) is 2. The zero-order valence-corrected chi connectivity index (χ0v) is 12.7. The minimum Gasteiger partial charge on any atom is -0.370 e. The molecule has 1 amide bonds. The average molecular weight is 372 g/mol. The molecule has 2 rings (SSSR count). The lowest BCUT2D eigenvalue weighted by atomic mass is 9.93. The minimum atomic E-state index is -0.167. The minimum absolute atomic E-state index is 0.0392. The summed E-state index contributed by atoms with van der Waals surface area (Å²) in [5, 5.41) is 5.86. The van der Waals surface area contributed by atoms with Crippen molar-refractivity contribution in [3.8, 4) is 0 Å². The number of halogens is 1. The SMILES string of the molecule is NC(=NCC(=O)Nc1ccc(I)cc1)NC1CCC1. The first-order valence-electron chi connectivity index (χ1n) is 6.25. The monoisotopic (exact) mass is 372 g/mol. The summed E-state index contributed by atoms with van der Waals surface area (Å²) in [6, 6.07) is 8.03. The topological polar surface area (TPSA) is 79.5 Å². The van der Waals surface area contributed by atoms with Crippen LogP contribution < -0.4 is 16.4 Å². The zero-order valence-electron chi connectivity index (χ0n) is 10.5. The van der Waals surface area contributed by atoms with Gasteiger partial charge in [-0.1, -0.05) is 0 Å². The maximum Gasteiger partial charge on any atom is 0.246 e. The van der Waals surface area contributed by atoms with Crippen LogP contribution in [0.15, 0.2) is 29.3 Å². The molecule has 6 heteroatoms. The van der Waals surface area contributed by atoms with Crippen molar-refractivity contribution in [1.82, 2.24) is 5.32 Å². The van der Waals surface area contributed by atoms with Crippen LogP contribution in [0.1, 0.15) is 19.3 Å². The third-order valence-corrected chi connectivity index (χ3v) is 3.70. The van der Waals surface area contributed by atoms with Crippen molar-refractivity contribution in [2.45, 2.75) is 25.3 Å². The van der Waals surface area contributed by atoms with Crippen molar-refractivity contribution in [2.75, 3.05) is 11.9 Å². The van der Waals surface area contributed by atoms with Gasteiger partial charge in [0.1, 0.15) is 6.54 Å². The highest BCUT2D eigenvalue weighted by Gasteiger charge is 2.17. The molecule has 0 heterocycles. The van der Waals surface area contributed by atoms with Crippen LogP contribution >= 0.6 is 22.6 Å². The summed E-state index contributed by atoms with van der Waals surface area (Å²) in [6.45, 7) is 0.0392. The largest absolute Gasteiger partial charge is 0.370 e. The van der Waals surface area contributed by atoms with Crippen LogP contribution in [0.5, 0.6) is 0 Å². The van der Waals surface area contributed by atoms with Gasteiger partial charge < -0.3 is 16.4 Å². The Bertz CT molecular complexity index is 468. The molecule has 1 saturated carbocycles. The molecule has 0 aliphatic heterocycles. The number of carbonyl (C=O) groups is 1. The molecule has 0 saturated heterocycles. The van der Waals surface area contributed by atoms with Crippen LogP contribution in [0.3, 0.4) is 0 Å². The third-order valence-electron chi connectivity index (χ3n) is 2.98. The second kappa shape index (κ2) is 6.74. The predicted octanol–water partition coefficient (Wildman–Crippen LogP) is 1.69. The Hall–Kier alpha value is -1.31. The Morgan fingerprint density at radius 3 is 2.63 bits per heavy atom. The van der Waals surface area contributed by atoms with Crippen molar-refractivity contribution in [3.05, 3.63) is 27.8 Å². The van der Waals surface area contributed by atoms with E-state index >= 15 is 0 Å². The van der Waals surface area contributed by atoms with Gasteiger partial charge in [0, 0.05) is 15.3 Å². The van der Waals surface area contributed by atoms with Crippen LogP contribution in [0.25, 0.3) is 0 Å². The van der Waals surface area contributed by atoms with Crippen molar-refractivity contribution < 1.29 is 4.79 Å². The molecular weight excluding hydrogens is 355 g/mol. The fourth-order valence-corrected chi connectivity index (χ4v) is 2.06. The van der Waals surface area contributed by atoms with Gasteiger partial charge in [0.05, 0.1) is 0 Å². The summed E-state index contributed by atoms with van der Waals surface area (Å²) in [5.74, 6) is 0.182. The number of anilines is 1. The fraction of sp³-hybridized carbons (Fsp3) is 0.385. The highest BCUT2D eigenvalue weighted by Crippen LogP contribution is 2.17. The summed E-state index contributed by atoms with van der Waals surface area (Å²) < 4.78 is 1.13. The molecule has 1 fully saturated rings. The Morgan fingerprint density at radius 2 is 2.05 bits per heavy atom. The number of aliphatic imine (C=N–C) groups is 1. The van der Waals surface area contributed by atoms with Gasteiger partial charge in [0.25, 0.3) is 0 Å². The summed E-state index contributed by atoms with van der Waals surface area (Å²) in [6.07, 6.45) is 3.49. The van der Waals surface area contributed by atoms with Crippen molar-refractivity contribution in [1.29, 1.82) is 0 Å². The number of nitrogens with two attached hydrogens (primary N) is 1. The van der Waals surface area contributed by atoms with Gasteiger partial charge >= 0.3 is 0 Å². The predicted molar refractivity (Wildman–Crippen MR) is 85.1 cm³/mol. The van der Waals surface area contributed by atoms with Crippen molar-refractivity contribution >= 4 is 40.1 Å². The maximum absolute atomic E-state index is 11.7. The van der Waals surface area contributed by atoms with Gasteiger partial charge in [-0.25, -0.2) is 4.99 Å². The average Bonchev–Trinajstić information content (AvgIpc) is 2.34. The second-order valence-electron chi connectivity index (χ2n) is 4.53. The van der Waals surface area contributed by atoms with Gasteiger partial charge in [0.15, 0.2) is 5.96 Å². The molecule has 1 aliphatic rings. The van der Waals surface area contributed by atoms with Crippen LogP contribution in [-0.2, 0) is 4.79 Å².